The zero-order chi connectivity index (χ0) is 11.6. The second-order valence-electron chi connectivity index (χ2n) is 4.36. The summed E-state index contributed by atoms with van der Waals surface area (Å²) in [6, 6.07) is 1.88. The highest BCUT2D eigenvalue weighted by Gasteiger charge is 2.31. The molecular formula is C11H16ClN3O. The molecule has 0 amide bonds. The summed E-state index contributed by atoms with van der Waals surface area (Å²) in [5.41, 5.74) is -0.0876. The molecule has 1 aliphatic heterocycles. The molecule has 1 saturated heterocycles. The van der Waals surface area contributed by atoms with Crippen molar-refractivity contribution < 1.29 is 4.74 Å². The zero-order valence-corrected chi connectivity index (χ0v) is 10.4. The van der Waals surface area contributed by atoms with Crippen molar-refractivity contribution in [2.45, 2.75) is 25.4 Å². The largest absolute Gasteiger partial charge is 0.377 e. The van der Waals surface area contributed by atoms with Gasteiger partial charge in [0, 0.05) is 26.4 Å². The van der Waals surface area contributed by atoms with Gasteiger partial charge in [0.05, 0.1) is 5.60 Å². The second-order valence-corrected chi connectivity index (χ2v) is 4.70. The minimum atomic E-state index is -0.0876. The third kappa shape index (κ3) is 2.44. The Morgan fingerprint density at radius 3 is 3.06 bits per heavy atom. The van der Waals surface area contributed by atoms with Gasteiger partial charge in [-0.1, -0.05) is 0 Å². The van der Waals surface area contributed by atoms with Crippen LogP contribution in [0.3, 0.4) is 0 Å². The van der Waals surface area contributed by atoms with Gasteiger partial charge in [0.25, 0.3) is 0 Å². The van der Waals surface area contributed by atoms with Gasteiger partial charge in [-0.05, 0) is 37.4 Å². The van der Waals surface area contributed by atoms with Crippen LogP contribution >= 0.6 is 11.6 Å². The van der Waals surface area contributed by atoms with E-state index in [1.54, 1.807) is 13.3 Å². The summed E-state index contributed by atoms with van der Waals surface area (Å²) < 4.78 is 5.54. The first-order valence-electron chi connectivity index (χ1n) is 5.42. The van der Waals surface area contributed by atoms with Gasteiger partial charge in [-0.15, -0.1) is 0 Å². The van der Waals surface area contributed by atoms with Crippen LogP contribution in [0.5, 0.6) is 0 Å². The first-order chi connectivity index (χ1) is 7.63. The minimum Gasteiger partial charge on any atom is -0.377 e. The molecule has 0 aromatic carbocycles. The third-order valence-electron chi connectivity index (χ3n) is 3.09. The number of rotatable bonds is 2. The zero-order valence-electron chi connectivity index (χ0n) is 9.61. The Labute approximate surface area is 101 Å². The number of halogens is 1. The standard InChI is InChI=1S/C11H16ClN3O/c1-11(16-2)5-3-7-15(8-11)9-4-6-13-10(12)14-9/h4,6H,3,5,7-8H2,1-2H3. The topological polar surface area (TPSA) is 38.2 Å². The highest BCUT2D eigenvalue weighted by atomic mass is 35.5. The van der Waals surface area contributed by atoms with Crippen molar-refractivity contribution in [2.75, 3.05) is 25.1 Å². The van der Waals surface area contributed by atoms with Gasteiger partial charge >= 0.3 is 0 Å². The van der Waals surface area contributed by atoms with E-state index < -0.39 is 0 Å². The van der Waals surface area contributed by atoms with Gasteiger partial charge < -0.3 is 9.64 Å². The van der Waals surface area contributed by atoms with Crippen LogP contribution in [0.2, 0.25) is 5.28 Å². The second kappa shape index (κ2) is 4.55. The molecule has 0 bridgehead atoms. The van der Waals surface area contributed by atoms with Gasteiger partial charge in [-0.25, -0.2) is 9.97 Å². The van der Waals surface area contributed by atoms with Crippen molar-refractivity contribution >= 4 is 17.4 Å². The molecule has 1 unspecified atom stereocenters. The summed E-state index contributed by atoms with van der Waals surface area (Å²) in [7, 11) is 1.76. The summed E-state index contributed by atoms with van der Waals surface area (Å²) in [4.78, 5) is 10.3. The highest BCUT2D eigenvalue weighted by Crippen LogP contribution is 2.27. The fourth-order valence-electron chi connectivity index (χ4n) is 2.07. The van der Waals surface area contributed by atoms with Crippen LogP contribution in [-0.2, 0) is 4.74 Å². The van der Waals surface area contributed by atoms with Crippen molar-refractivity contribution in [3.63, 3.8) is 0 Å². The predicted molar refractivity (Wildman–Crippen MR) is 63.9 cm³/mol. The molecule has 5 heteroatoms. The number of nitrogens with zero attached hydrogens (tertiary/aromatic N) is 3. The number of methoxy groups -OCH3 is 1. The van der Waals surface area contributed by atoms with E-state index in [0.29, 0.717) is 5.28 Å². The molecule has 1 atom stereocenters. The van der Waals surface area contributed by atoms with Crippen molar-refractivity contribution in [1.29, 1.82) is 0 Å². The maximum Gasteiger partial charge on any atom is 0.224 e. The molecule has 2 rings (SSSR count). The lowest BCUT2D eigenvalue weighted by Gasteiger charge is -2.40. The Bertz CT molecular complexity index is 374. The van der Waals surface area contributed by atoms with Crippen LogP contribution in [0, 0.1) is 0 Å². The van der Waals surface area contributed by atoms with Crippen molar-refractivity contribution in [3.05, 3.63) is 17.5 Å². The quantitative estimate of drug-likeness (QED) is 0.744. The fraction of sp³-hybridized carbons (Fsp3) is 0.636. The van der Waals surface area contributed by atoms with Crippen LogP contribution in [-0.4, -0.2) is 35.8 Å². The molecule has 88 valence electrons. The number of hydrogen-bond acceptors (Lipinski definition) is 4. The lowest BCUT2D eigenvalue weighted by atomic mass is 9.95. The van der Waals surface area contributed by atoms with Gasteiger partial charge in [0.15, 0.2) is 0 Å². The van der Waals surface area contributed by atoms with Crippen molar-refractivity contribution in [2.24, 2.45) is 0 Å². The van der Waals surface area contributed by atoms with E-state index in [-0.39, 0.29) is 5.60 Å². The molecule has 1 fully saturated rings. The van der Waals surface area contributed by atoms with Gasteiger partial charge in [0.1, 0.15) is 5.82 Å². The number of aromatic nitrogens is 2. The summed E-state index contributed by atoms with van der Waals surface area (Å²) in [6.07, 6.45) is 3.87. The Kier molecular flexibility index (Phi) is 3.30. The van der Waals surface area contributed by atoms with Crippen molar-refractivity contribution in [3.8, 4) is 0 Å². The molecule has 1 aromatic rings. The van der Waals surface area contributed by atoms with E-state index in [9.17, 15) is 0 Å². The smallest absolute Gasteiger partial charge is 0.224 e. The lowest BCUT2D eigenvalue weighted by Crippen LogP contribution is -2.47. The van der Waals surface area contributed by atoms with Crippen LogP contribution in [0.25, 0.3) is 0 Å². The molecule has 1 aromatic heterocycles. The third-order valence-corrected chi connectivity index (χ3v) is 3.27. The molecule has 0 spiro atoms. The van der Waals surface area contributed by atoms with Gasteiger partial charge in [-0.3, -0.25) is 0 Å². The molecular weight excluding hydrogens is 226 g/mol. The summed E-state index contributed by atoms with van der Waals surface area (Å²) >= 11 is 5.79. The van der Waals surface area contributed by atoms with Crippen molar-refractivity contribution in [1.82, 2.24) is 9.97 Å². The first kappa shape index (κ1) is 11.6. The van der Waals surface area contributed by atoms with Crippen LogP contribution in [0.15, 0.2) is 12.3 Å². The van der Waals surface area contributed by atoms with E-state index in [0.717, 1.165) is 31.7 Å². The normalized spacial score (nSPS) is 25.8. The van der Waals surface area contributed by atoms with E-state index >= 15 is 0 Å². The predicted octanol–water partition coefficient (Wildman–Crippen LogP) is 2.14. The summed E-state index contributed by atoms with van der Waals surface area (Å²) in [5, 5.41) is 0.294. The summed E-state index contributed by atoms with van der Waals surface area (Å²) in [5.74, 6) is 0.878. The Morgan fingerprint density at radius 2 is 2.38 bits per heavy atom. The SMILES string of the molecule is COC1(C)CCCN(c2ccnc(Cl)n2)C1. The lowest BCUT2D eigenvalue weighted by molar-refractivity contribution is -0.00481. The number of ether oxygens (including phenoxy) is 1. The average Bonchev–Trinajstić information content (AvgIpc) is 2.29. The van der Waals surface area contributed by atoms with Crippen LogP contribution in [0.1, 0.15) is 19.8 Å². The monoisotopic (exact) mass is 241 g/mol. The van der Waals surface area contributed by atoms with E-state index in [4.69, 9.17) is 16.3 Å². The Morgan fingerprint density at radius 1 is 1.56 bits per heavy atom. The first-order valence-corrected chi connectivity index (χ1v) is 5.79. The van der Waals surface area contributed by atoms with E-state index in [2.05, 4.69) is 21.8 Å². The molecule has 4 nitrogen and oxygen atoms in total. The molecule has 0 N–H and O–H groups in total. The highest BCUT2D eigenvalue weighted by molar-refractivity contribution is 6.28. The van der Waals surface area contributed by atoms with Crippen LogP contribution in [0.4, 0.5) is 5.82 Å². The molecule has 0 saturated carbocycles. The van der Waals surface area contributed by atoms with E-state index in [1.807, 2.05) is 6.07 Å². The maximum atomic E-state index is 5.79. The van der Waals surface area contributed by atoms with Gasteiger partial charge in [-0.2, -0.15) is 0 Å². The number of hydrogen-bond donors (Lipinski definition) is 0. The maximum absolute atomic E-state index is 5.79. The van der Waals surface area contributed by atoms with Gasteiger partial charge in [0.2, 0.25) is 5.28 Å². The Balaban J connectivity index is 2.16. The number of anilines is 1. The fourth-order valence-corrected chi connectivity index (χ4v) is 2.21. The number of piperidine rings is 1. The van der Waals surface area contributed by atoms with E-state index in [1.165, 1.54) is 0 Å². The Hall–Kier alpha value is -0.870. The average molecular weight is 242 g/mol. The molecule has 0 aliphatic carbocycles. The van der Waals surface area contributed by atoms with Crippen LogP contribution < -0.4 is 4.90 Å². The molecule has 0 radical (unpaired) electrons. The minimum absolute atomic E-state index is 0.0876. The molecule has 1 aliphatic rings. The molecule has 2 heterocycles. The molecule has 16 heavy (non-hydrogen) atoms. The summed E-state index contributed by atoms with van der Waals surface area (Å²) in [6.45, 7) is 3.96.